The van der Waals surface area contributed by atoms with Gasteiger partial charge in [-0.3, -0.25) is 4.79 Å². The van der Waals surface area contributed by atoms with E-state index in [1.807, 2.05) is 6.92 Å². The van der Waals surface area contributed by atoms with Crippen molar-refractivity contribution >= 4 is 28.5 Å². The largest absolute Gasteiger partial charge is 0.344 e. The Bertz CT molecular complexity index is 611. The molecular weight excluding hydrogens is 269 g/mol. The smallest absolute Gasteiger partial charge is 0.242 e. The van der Waals surface area contributed by atoms with Crippen LogP contribution in [-0.2, 0) is 17.2 Å². The zero-order valence-electron chi connectivity index (χ0n) is 10.9. The fourth-order valence-electron chi connectivity index (χ4n) is 1.87. The highest BCUT2D eigenvalue weighted by Gasteiger charge is 2.16. The lowest BCUT2D eigenvalue weighted by molar-refractivity contribution is -0.130. The van der Waals surface area contributed by atoms with Crippen LogP contribution in [0.5, 0.6) is 0 Å². The van der Waals surface area contributed by atoms with Gasteiger partial charge in [-0.2, -0.15) is 0 Å². The maximum Gasteiger partial charge on any atom is 0.242 e. The minimum absolute atomic E-state index is 0.0579. The van der Waals surface area contributed by atoms with Crippen LogP contribution in [0.4, 0.5) is 4.39 Å². The van der Waals surface area contributed by atoms with Crippen molar-refractivity contribution in [3.05, 3.63) is 29.8 Å². The minimum Gasteiger partial charge on any atom is -0.344 e. The summed E-state index contributed by atoms with van der Waals surface area (Å²) in [5, 5.41) is 0. The third-order valence-corrected chi connectivity index (χ3v) is 3.36. The quantitative estimate of drug-likeness (QED) is 0.808. The number of imidazole rings is 1. The SMILES string of the molecule is CCN(C)C(=O)Cn1c(CCl)nc2c(F)cccc21. The second-order valence-electron chi connectivity index (χ2n) is 4.26. The summed E-state index contributed by atoms with van der Waals surface area (Å²) in [5.41, 5.74) is 0.846. The summed E-state index contributed by atoms with van der Waals surface area (Å²) in [6.07, 6.45) is 0. The van der Waals surface area contributed by atoms with Gasteiger partial charge < -0.3 is 9.47 Å². The number of carbonyl (C=O) groups is 1. The number of halogens is 2. The van der Waals surface area contributed by atoms with Crippen molar-refractivity contribution < 1.29 is 9.18 Å². The predicted molar refractivity (Wildman–Crippen MR) is 72.6 cm³/mol. The van der Waals surface area contributed by atoms with E-state index in [4.69, 9.17) is 11.6 Å². The Hall–Kier alpha value is -1.62. The van der Waals surface area contributed by atoms with Gasteiger partial charge in [-0.25, -0.2) is 9.37 Å². The zero-order valence-corrected chi connectivity index (χ0v) is 11.6. The lowest BCUT2D eigenvalue weighted by Gasteiger charge is -2.16. The molecule has 4 nitrogen and oxygen atoms in total. The van der Waals surface area contributed by atoms with Gasteiger partial charge >= 0.3 is 0 Å². The Morgan fingerprint density at radius 2 is 2.26 bits per heavy atom. The molecule has 0 bridgehead atoms. The van der Waals surface area contributed by atoms with Gasteiger partial charge in [-0.05, 0) is 19.1 Å². The van der Waals surface area contributed by atoms with Crippen LogP contribution >= 0.6 is 11.6 Å². The van der Waals surface area contributed by atoms with E-state index in [2.05, 4.69) is 4.98 Å². The summed E-state index contributed by atoms with van der Waals surface area (Å²) in [6, 6.07) is 4.68. The van der Waals surface area contributed by atoms with E-state index in [0.29, 0.717) is 17.9 Å². The molecule has 0 saturated heterocycles. The Morgan fingerprint density at radius 3 is 2.89 bits per heavy atom. The Kier molecular flexibility index (Phi) is 4.04. The van der Waals surface area contributed by atoms with Crippen LogP contribution < -0.4 is 0 Å². The topological polar surface area (TPSA) is 38.1 Å². The number of benzene rings is 1. The van der Waals surface area contributed by atoms with Gasteiger partial charge in [0.25, 0.3) is 0 Å². The van der Waals surface area contributed by atoms with Gasteiger partial charge in [0.2, 0.25) is 5.91 Å². The van der Waals surface area contributed by atoms with Gasteiger partial charge in [0.05, 0.1) is 11.4 Å². The third-order valence-electron chi connectivity index (χ3n) is 3.12. The first-order valence-electron chi connectivity index (χ1n) is 6.02. The molecule has 0 aliphatic carbocycles. The van der Waals surface area contributed by atoms with Crippen LogP contribution in [0.1, 0.15) is 12.7 Å². The molecule has 2 aromatic rings. The summed E-state index contributed by atoms with van der Waals surface area (Å²) in [6.45, 7) is 2.63. The number of para-hydroxylation sites is 1. The molecule has 0 aliphatic rings. The summed E-state index contributed by atoms with van der Waals surface area (Å²) in [5.74, 6) is 0.174. The normalized spacial score (nSPS) is 10.9. The van der Waals surface area contributed by atoms with Crippen LogP contribution in [0, 0.1) is 5.82 Å². The average molecular weight is 284 g/mol. The number of likely N-dealkylation sites (N-methyl/N-ethyl adjacent to an activating group) is 1. The van der Waals surface area contributed by atoms with Gasteiger partial charge in [0, 0.05) is 13.6 Å². The molecule has 0 atom stereocenters. The van der Waals surface area contributed by atoms with Gasteiger partial charge in [-0.1, -0.05) is 6.07 Å². The Labute approximate surface area is 115 Å². The molecule has 0 saturated carbocycles. The number of carbonyl (C=O) groups excluding carboxylic acids is 1. The second kappa shape index (κ2) is 5.57. The number of hydrogen-bond donors (Lipinski definition) is 0. The van der Waals surface area contributed by atoms with Crippen molar-refractivity contribution in [1.82, 2.24) is 14.5 Å². The molecule has 1 aromatic heterocycles. The average Bonchev–Trinajstić information content (AvgIpc) is 2.77. The van der Waals surface area contributed by atoms with Crippen molar-refractivity contribution in [1.29, 1.82) is 0 Å². The van der Waals surface area contributed by atoms with E-state index < -0.39 is 5.82 Å². The number of hydrogen-bond acceptors (Lipinski definition) is 2. The number of alkyl halides is 1. The van der Waals surface area contributed by atoms with Crippen molar-refractivity contribution in [2.24, 2.45) is 0 Å². The fraction of sp³-hybridized carbons (Fsp3) is 0.385. The van der Waals surface area contributed by atoms with Crippen LogP contribution in [-0.4, -0.2) is 34.0 Å². The predicted octanol–water partition coefficient (Wildman–Crippen LogP) is 2.39. The first-order valence-corrected chi connectivity index (χ1v) is 6.55. The van der Waals surface area contributed by atoms with Crippen LogP contribution in [0.2, 0.25) is 0 Å². The van der Waals surface area contributed by atoms with Crippen molar-refractivity contribution in [2.75, 3.05) is 13.6 Å². The molecule has 0 N–H and O–H groups in total. The Balaban J connectivity index is 2.46. The molecule has 102 valence electrons. The highest BCUT2D eigenvalue weighted by Crippen LogP contribution is 2.20. The second-order valence-corrected chi connectivity index (χ2v) is 4.53. The molecule has 1 aromatic carbocycles. The first kappa shape index (κ1) is 13.8. The summed E-state index contributed by atoms with van der Waals surface area (Å²) >= 11 is 5.82. The van der Waals surface area contributed by atoms with Crippen LogP contribution in [0.25, 0.3) is 11.0 Å². The number of aromatic nitrogens is 2. The van der Waals surface area contributed by atoms with E-state index in [9.17, 15) is 9.18 Å². The maximum atomic E-state index is 13.7. The molecule has 6 heteroatoms. The molecule has 0 unspecified atom stereocenters. The van der Waals surface area contributed by atoms with E-state index >= 15 is 0 Å². The number of nitrogens with zero attached hydrogens (tertiary/aromatic N) is 3. The molecule has 0 fully saturated rings. The van der Waals surface area contributed by atoms with Crippen molar-refractivity contribution in [3.63, 3.8) is 0 Å². The van der Waals surface area contributed by atoms with E-state index in [0.717, 1.165) is 0 Å². The molecule has 1 heterocycles. The molecule has 0 spiro atoms. The van der Waals surface area contributed by atoms with E-state index in [1.54, 1.807) is 28.6 Å². The molecule has 0 radical (unpaired) electrons. The zero-order chi connectivity index (χ0) is 14.0. The summed E-state index contributed by atoms with van der Waals surface area (Å²) < 4.78 is 15.3. The highest BCUT2D eigenvalue weighted by atomic mass is 35.5. The van der Waals surface area contributed by atoms with Gasteiger partial charge in [0.1, 0.15) is 17.9 Å². The maximum absolute atomic E-state index is 13.7. The van der Waals surface area contributed by atoms with Crippen LogP contribution in [0.3, 0.4) is 0 Å². The van der Waals surface area contributed by atoms with E-state index in [1.165, 1.54) is 6.07 Å². The molecule has 2 rings (SSSR count). The molecule has 19 heavy (non-hydrogen) atoms. The highest BCUT2D eigenvalue weighted by molar-refractivity contribution is 6.16. The lowest BCUT2D eigenvalue weighted by atomic mass is 10.3. The number of fused-ring (bicyclic) bond motifs is 1. The summed E-state index contributed by atoms with van der Waals surface area (Å²) in [4.78, 5) is 17.7. The van der Waals surface area contributed by atoms with Gasteiger partial charge in [-0.15, -0.1) is 11.6 Å². The van der Waals surface area contributed by atoms with Crippen molar-refractivity contribution in [2.45, 2.75) is 19.3 Å². The lowest BCUT2D eigenvalue weighted by Crippen LogP contribution is -2.30. The van der Waals surface area contributed by atoms with Crippen molar-refractivity contribution in [3.8, 4) is 0 Å². The monoisotopic (exact) mass is 283 g/mol. The fourth-order valence-corrected chi connectivity index (χ4v) is 2.08. The third kappa shape index (κ3) is 2.56. The molecular formula is C13H15ClFN3O. The van der Waals surface area contributed by atoms with E-state index in [-0.39, 0.29) is 23.8 Å². The minimum atomic E-state index is -0.404. The summed E-state index contributed by atoms with van der Waals surface area (Å²) in [7, 11) is 1.72. The number of amides is 1. The Morgan fingerprint density at radius 1 is 1.53 bits per heavy atom. The first-order chi connectivity index (χ1) is 9.08. The number of rotatable bonds is 4. The van der Waals surface area contributed by atoms with Gasteiger partial charge in [0.15, 0.2) is 5.82 Å². The molecule has 1 amide bonds. The standard InChI is InChI=1S/C13H15ClFN3O/c1-3-17(2)12(19)8-18-10-6-4-5-9(15)13(10)16-11(18)7-14/h4-6H,3,7-8H2,1-2H3. The molecule has 0 aliphatic heterocycles. The van der Waals surface area contributed by atoms with Crippen LogP contribution in [0.15, 0.2) is 18.2 Å².